The van der Waals surface area contributed by atoms with E-state index in [1.807, 2.05) is 0 Å². The molecule has 0 amide bonds. The molecule has 0 radical (unpaired) electrons. The number of fused-ring (bicyclic) bond motifs is 1. The van der Waals surface area contributed by atoms with E-state index in [-0.39, 0.29) is 0 Å². The number of rotatable bonds is 3. The van der Waals surface area contributed by atoms with Gasteiger partial charge >= 0.3 is 0 Å². The first kappa shape index (κ1) is 13.0. The highest BCUT2D eigenvalue weighted by Gasteiger charge is 2.26. The van der Waals surface area contributed by atoms with E-state index in [4.69, 9.17) is 4.74 Å². The molecule has 2 aliphatic carbocycles. The highest BCUT2D eigenvalue weighted by Crippen LogP contribution is 2.32. The summed E-state index contributed by atoms with van der Waals surface area (Å²) in [6.07, 6.45) is 10.5. The van der Waals surface area contributed by atoms with Crippen molar-refractivity contribution in [2.24, 2.45) is 0 Å². The maximum absolute atomic E-state index is 6.39. The fourth-order valence-electron chi connectivity index (χ4n) is 3.59. The molecular weight excluding hydrogens is 234 g/mol. The Morgan fingerprint density at radius 2 is 1.89 bits per heavy atom. The number of aryl methyl sites for hydroxylation is 1. The Morgan fingerprint density at radius 1 is 1.05 bits per heavy atom. The van der Waals surface area contributed by atoms with Crippen LogP contribution in [0.5, 0.6) is 5.75 Å². The van der Waals surface area contributed by atoms with E-state index in [0.29, 0.717) is 12.1 Å². The number of benzene rings is 1. The number of likely N-dealkylation sites (N-methyl/N-ethyl adjacent to an activating group) is 1. The molecule has 0 aromatic heterocycles. The van der Waals surface area contributed by atoms with Gasteiger partial charge in [0.2, 0.25) is 0 Å². The molecule has 2 atom stereocenters. The molecule has 1 aromatic rings. The summed E-state index contributed by atoms with van der Waals surface area (Å²) >= 11 is 0. The van der Waals surface area contributed by atoms with Crippen LogP contribution in [-0.2, 0) is 12.8 Å². The minimum Gasteiger partial charge on any atom is -0.489 e. The zero-order valence-electron chi connectivity index (χ0n) is 12.0. The molecule has 2 unspecified atom stereocenters. The molecule has 19 heavy (non-hydrogen) atoms. The molecule has 0 heterocycles. The lowest BCUT2D eigenvalue weighted by Gasteiger charge is -2.33. The van der Waals surface area contributed by atoms with E-state index in [1.54, 1.807) is 0 Å². The quantitative estimate of drug-likeness (QED) is 0.897. The van der Waals surface area contributed by atoms with Gasteiger partial charge in [-0.3, -0.25) is 0 Å². The summed E-state index contributed by atoms with van der Waals surface area (Å²) in [5.41, 5.74) is 3.00. The predicted molar refractivity (Wildman–Crippen MR) is 78.8 cm³/mol. The summed E-state index contributed by atoms with van der Waals surface area (Å²) in [7, 11) is 2.06. The monoisotopic (exact) mass is 259 g/mol. The van der Waals surface area contributed by atoms with Crippen molar-refractivity contribution in [1.82, 2.24) is 5.32 Å². The lowest BCUT2D eigenvalue weighted by atomic mass is 9.90. The molecule has 1 saturated carbocycles. The van der Waals surface area contributed by atoms with Crippen LogP contribution in [0, 0.1) is 0 Å². The van der Waals surface area contributed by atoms with Gasteiger partial charge in [0.05, 0.1) is 0 Å². The highest BCUT2D eigenvalue weighted by molar-refractivity contribution is 5.41. The summed E-state index contributed by atoms with van der Waals surface area (Å²) in [5, 5.41) is 3.43. The number of hydrogen-bond acceptors (Lipinski definition) is 2. The smallest absolute Gasteiger partial charge is 0.123 e. The van der Waals surface area contributed by atoms with E-state index in [2.05, 4.69) is 30.6 Å². The number of hydrogen-bond donors (Lipinski definition) is 1. The van der Waals surface area contributed by atoms with Crippen LogP contribution in [0.2, 0.25) is 0 Å². The van der Waals surface area contributed by atoms with Crippen molar-refractivity contribution in [2.45, 2.75) is 63.5 Å². The SMILES string of the molecule is CNC1CCCCC1Oc1cccc2c1CCCC2. The average Bonchev–Trinajstić information content (AvgIpc) is 2.48. The van der Waals surface area contributed by atoms with Gasteiger partial charge in [0.1, 0.15) is 11.9 Å². The maximum atomic E-state index is 6.39. The Balaban J connectivity index is 1.78. The second kappa shape index (κ2) is 5.96. The lowest BCUT2D eigenvalue weighted by molar-refractivity contribution is 0.116. The third-order valence-electron chi connectivity index (χ3n) is 4.70. The fourth-order valence-corrected chi connectivity index (χ4v) is 3.59. The Hall–Kier alpha value is -1.02. The average molecular weight is 259 g/mol. The van der Waals surface area contributed by atoms with Gasteiger partial charge in [-0.2, -0.15) is 0 Å². The van der Waals surface area contributed by atoms with Crippen LogP contribution in [0.15, 0.2) is 18.2 Å². The van der Waals surface area contributed by atoms with Gasteiger partial charge in [0.25, 0.3) is 0 Å². The summed E-state index contributed by atoms with van der Waals surface area (Å²) < 4.78 is 6.39. The van der Waals surface area contributed by atoms with Gasteiger partial charge in [-0.15, -0.1) is 0 Å². The number of nitrogens with one attached hydrogen (secondary N) is 1. The lowest BCUT2D eigenvalue weighted by Crippen LogP contribution is -2.43. The largest absolute Gasteiger partial charge is 0.489 e. The van der Waals surface area contributed by atoms with E-state index in [9.17, 15) is 0 Å². The molecule has 2 heteroatoms. The first-order valence-corrected chi connectivity index (χ1v) is 7.83. The number of ether oxygens (including phenoxy) is 1. The van der Waals surface area contributed by atoms with Crippen LogP contribution >= 0.6 is 0 Å². The van der Waals surface area contributed by atoms with Crippen molar-refractivity contribution in [3.63, 3.8) is 0 Å². The van der Waals surface area contributed by atoms with Gasteiger partial charge < -0.3 is 10.1 Å². The zero-order chi connectivity index (χ0) is 13.1. The summed E-state index contributed by atoms with van der Waals surface area (Å²) in [6.45, 7) is 0. The summed E-state index contributed by atoms with van der Waals surface area (Å²) in [5.74, 6) is 1.16. The molecule has 0 aliphatic heterocycles. The first-order valence-electron chi connectivity index (χ1n) is 7.83. The Morgan fingerprint density at radius 3 is 2.79 bits per heavy atom. The van der Waals surface area contributed by atoms with Crippen LogP contribution in [0.25, 0.3) is 0 Å². The van der Waals surface area contributed by atoms with Crippen LogP contribution in [0.4, 0.5) is 0 Å². The Kier molecular flexibility index (Phi) is 4.07. The van der Waals surface area contributed by atoms with Crippen molar-refractivity contribution in [3.05, 3.63) is 29.3 Å². The van der Waals surface area contributed by atoms with Gasteiger partial charge in [-0.25, -0.2) is 0 Å². The van der Waals surface area contributed by atoms with E-state index in [1.165, 1.54) is 62.5 Å². The van der Waals surface area contributed by atoms with Gasteiger partial charge in [-0.05, 0) is 69.2 Å². The van der Waals surface area contributed by atoms with Crippen LogP contribution in [-0.4, -0.2) is 19.2 Å². The Labute approximate surface area is 116 Å². The van der Waals surface area contributed by atoms with E-state index < -0.39 is 0 Å². The Bertz CT molecular complexity index is 429. The highest BCUT2D eigenvalue weighted by atomic mass is 16.5. The second-order valence-corrected chi connectivity index (χ2v) is 5.94. The molecule has 1 fully saturated rings. The third-order valence-corrected chi connectivity index (χ3v) is 4.70. The van der Waals surface area contributed by atoms with Gasteiger partial charge in [0, 0.05) is 6.04 Å². The normalized spacial score (nSPS) is 26.8. The van der Waals surface area contributed by atoms with Gasteiger partial charge in [-0.1, -0.05) is 18.6 Å². The standard InChI is InChI=1S/C17H25NO/c1-18-15-10-4-5-11-17(15)19-16-12-6-8-13-7-2-3-9-14(13)16/h6,8,12,15,17-18H,2-5,7,9-11H2,1H3. The summed E-state index contributed by atoms with van der Waals surface area (Å²) in [4.78, 5) is 0. The fraction of sp³-hybridized carbons (Fsp3) is 0.647. The molecule has 104 valence electrons. The topological polar surface area (TPSA) is 21.3 Å². The molecule has 3 rings (SSSR count). The van der Waals surface area contributed by atoms with Crippen LogP contribution in [0.3, 0.4) is 0 Å². The van der Waals surface area contributed by atoms with Crippen molar-refractivity contribution in [3.8, 4) is 5.75 Å². The van der Waals surface area contributed by atoms with Crippen molar-refractivity contribution in [2.75, 3.05) is 7.05 Å². The van der Waals surface area contributed by atoms with Crippen molar-refractivity contribution < 1.29 is 4.74 Å². The minimum absolute atomic E-state index is 0.354. The summed E-state index contributed by atoms with van der Waals surface area (Å²) in [6, 6.07) is 7.13. The third kappa shape index (κ3) is 2.79. The molecule has 0 bridgehead atoms. The molecule has 2 aliphatic rings. The molecule has 0 saturated heterocycles. The van der Waals surface area contributed by atoms with Crippen LogP contribution < -0.4 is 10.1 Å². The molecule has 1 aromatic carbocycles. The minimum atomic E-state index is 0.354. The molecule has 2 nitrogen and oxygen atoms in total. The second-order valence-electron chi connectivity index (χ2n) is 5.94. The van der Waals surface area contributed by atoms with Crippen LogP contribution in [0.1, 0.15) is 49.7 Å². The first-order chi connectivity index (χ1) is 9.38. The maximum Gasteiger partial charge on any atom is 0.123 e. The van der Waals surface area contributed by atoms with Gasteiger partial charge in [0.15, 0.2) is 0 Å². The predicted octanol–water partition coefficient (Wildman–Crippen LogP) is 3.47. The molecule has 0 spiro atoms. The van der Waals surface area contributed by atoms with E-state index in [0.717, 1.165) is 5.75 Å². The zero-order valence-corrected chi connectivity index (χ0v) is 12.0. The van der Waals surface area contributed by atoms with Crippen molar-refractivity contribution in [1.29, 1.82) is 0 Å². The van der Waals surface area contributed by atoms with E-state index >= 15 is 0 Å². The molecule has 1 N–H and O–H groups in total. The van der Waals surface area contributed by atoms with Crippen molar-refractivity contribution >= 4 is 0 Å². The molecular formula is C17H25NO.